The molecule has 1 aromatic heterocycles. The van der Waals surface area contributed by atoms with Crippen LogP contribution < -0.4 is 10.0 Å². The standard InChI is InChI=1S/C24H34N4O4S/c1-5-21(6-2)27-33(30,31)22-11-12-23(26-14-22)25-13-19-7-9-20(10-8-19)24(29)28-15-17(3)32-18(4)16-28/h7-12,14,17-18,21,27H,5-6,13,15-16H2,1-4H3,(H,25,26). The van der Waals surface area contributed by atoms with E-state index in [-0.39, 0.29) is 29.1 Å². The fourth-order valence-electron chi connectivity index (χ4n) is 3.87. The first-order valence-corrected chi connectivity index (χ1v) is 13.0. The topological polar surface area (TPSA) is 101 Å². The van der Waals surface area contributed by atoms with Crippen LogP contribution in [0.2, 0.25) is 0 Å². The molecule has 1 saturated heterocycles. The third-order valence-corrected chi connectivity index (χ3v) is 7.24. The van der Waals surface area contributed by atoms with Gasteiger partial charge in [0.2, 0.25) is 10.0 Å². The van der Waals surface area contributed by atoms with E-state index < -0.39 is 10.0 Å². The molecule has 1 amide bonds. The zero-order valence-electron chi connectivity index (χ0n) is 19.7. The molecule has 2 unspecified atom stereocenters. The van der Waals surface area contributed by atoms with E-state index >= 15 is 0 Å². The van der Waals surface area contributed by atoms with Gasteiger partial charge in [-0.25, -0.2) is 18.1 Å². The SMILES string of the molecule is CCC(CC)NS(=O)(=O)c1ccc(NCc2ccc(C(=O)N3CC(C)OC(C)C3)cc2)nc1. The number of ether oxygens (including phenoxy) is 1. The number of amides is 1. The van der Waals surface area contributed by atoms with Crippen molar-refractivity contribution in [1.82, 2.24) is 14.6 Å². The second-order valence-corrected chi connectivity index (χ2v) is 10.2. The molecule has 0 saturated carbocycles. The molecule has 1 aromatic carbocycles. The number of sulfonamides is 1. The van der Waals surface area contributed by atoms with Crippen molar-refractivity contribution in [2.75, 3.05) is 18.4 Å². The zero-order valence-corrected chi connectivity index (χ0v) is 20.6. The first-order chi connectivity index (χ1) is 15.7. The van der Waals surface area contributed by atoms with Crippen LogP contribution in [-0.2, 0) is 21.3 Å². The van der Waals surface area contributed by atoms with Crippen molar-refractivity contribution in [3.05, 3.63) is 53.7 Å². The average Bonchev–Trinajstić information content (AvgIpc) is 2.80. The molecule has 2 N–H and O–H groups in total. The number of hydrogen-bond acceptors (Lipinski definition) is 6. The molecule has 1 aliphatic heterocycles. The Hall–Kier alpha value is -2.49. The van der Waals surface area contributed by atoms with Crippen LogP contribution in [0.3, 0.4) is 0 Å². The van der Waals surface area contributed by atoms with Crippen molar-refractivity contribution in [3.63, 3.8) is 0 Å². The van der Waals surface area contributed by atoms with Crippen molar-refractivity contribution < 1.29 is 17.9 Å². The summed E-state index contributed by atoms with van der Waals surface area (Å²) in [7, 11) is -3.58. The second kappa shape index (κ2) is 11.1. The summed E-state index contributed by atoms with van der Waals surface area (Å²) in [5.41, 5.74) is 1.64. The maximum atomic E-state index is 12.8. The molecule has 1 fully saturated rings. The summed E-state index contributed by atoms with van der Waals surface area (Å²) in [4.78, 5) is 19.0. The summed E-state index contributed by atoms with van der Waals surface area (Å²) in [6, 6.07) is 10.6. The highest BCUT2D eigenvalue weighted by Crippen LogP contribution is 2.16. The minimum Gasteiger partial charge on any atom is -0.372 e. The first-order valence-electron chi connectivity index (χ1n) is 11.5. The van der Waals surface area contributed by atoms with Crippen molar-refractivity contribution in [2.24, 2.45) is 0 Å². The van der Waals surface area contributed by atoms with Gasteiger partial charge in [0.05, 0.1) is 12.2 Å². The monoisotopic (exact) mass is 474 g/mol. The van der Waals surface area contributed by atoms with Crippen LogP contribution >= 0.6 is 0 Å². The normalized spacial score (nSPS) is 19.0. The summed E-state index contributed by atoms with van der Waals surface area (Å²) >= 11 is 0. The maximum Gasteiger partial charge on any atom is 0.254 e. The van der Waals surface area contributed by atoms with E-state index in [1.54, 1.807) is 12.1 Å². The Kier molecular flexibility index (Phi) is 8.45. The van der Waals surface area contributed by atoms with Gasteiger partial charge in [-0.2, -0.15) is 0 Å². The predicted octanol–water partition coefficient (Wildman–Crippen LogP) is 3.41. The molecular weight excluding hydrogens is 440 g/mol. The lowest BCUT2D eigenvalue weighted by atomic mass is 10.1. The minimum absolute atomic E-state index is 0.0111. The number of rotatable bonds is 9. The van der Waals surface area contributed by atoms with Gasteiger partial charge in [0.15, 0.2) is 0 Å². The first kappa shape index (κ1) is 25.1. The number of carbonyl (C=O) groups excluding carboxylic acids is 1. The van der Waals surface area contributed by atoms with E-state index in [2.05, 4.69) is 15.0 Å². The molecule has 2 aromatic rings. The van der Waals surface area contributed by atoms with E-state index in [4.69, 9.17) is 4.74 Å². The Morgan fingerprint density at radius 2 is 1.73 bits per heavy atom. The van der Waals surface area contributed by atoms with Gasteiger partial charge in [0, 0.05) is 37.4 Å². The fourth-order valence-corrected chi connectivity index (χ4v) is 5.22. The van der Waals surface area contributed by atoms with E-state index in [9.17, 15) is 13.2 Å². The number of anilines is 1. The van der Waals surface area contributed by atoms with E-state index in [1.165, 1.54) is 6.20 Å². The Morgan fingerprint density at radius 3 is 2.27 bits per heavy atom. The molecule has 1 aliphatic rings. The minimum atomic E-state index is -3.58. The van der Waals surface area contributed by atoms with Gasteiger partial charge >= 0.3 is 0 Å². The van der Waals surface area contributed by atoms with Crippen LogP contribution in [0.1, 0.15) is 56.5 Å². The number of pyridine rings is 1. The van der Waals surface area contributed by atoms with Gasteiger partial charge in [-0.15, -0.1) is 0 Å². The lowest BCUT2D eigenvalue weighted by molar-refractivity contribution is -0.0586. The highest BCUT2D eigenvalue weighted by Gasteiger charge is 2.26. The number of benzene rings is 1. The molecule has 8 nitrogen and oxygen atoms in total. The number of carbonyl (C=O) groups is 1. The summed E-state index contributed by atoms with van der Waals surface area (Å²) in [5.74, 6) is 0.588. The van der Waals surface area contributed by atoms with Crippen LogP contribution in [0.15, 0.2) is 47.5 Å². The van der Waals surface area contributed by atoms with Crippen molar-refractivity contribution in [2.45, 2.75) is 70.2 Å². The number of hydrogen-bond donors (Lipinski definition) is 2. The molecule has 0 bridgehead atoms. The second-order valence-electron chi connectivity index (χ2n) is 8.53. The van der Waals surface area contributed by atoms with Crippen LogP contribution in [0.25, 0.3) is 0 Å². The number of nitrogens with zero attached hydrogens (tertiary/aromatic N) is 2. The van der Waals surface area contributed by atoms with Gasteiger partial charge < -0.3 is 15.0 Å². The summed E-state index contributed by atoms with van der Waals surface area (Å²) in [6.45, 7) is 9.55. The van der Waals surface area contributed by atoms with Gasteiger partial charge in [-0.05, 0) is 56.5 Å². The number of morpholine rings is 1. The third kappa shape index (κ3) is 6.75. The zero-order chi connectivity index (χ0) is 24.0. The van der Waals surface area contributed by atoms with Gasteiger partial charge in [-0.1, -0.05) is 26.0 Å². The molecule has 0 aliphatic carbocycles. The van der Waals surface area contributed by atoms with E-state index in [0.29, 0.717) is 31.0 Å². The fraction of sp³-hybridized carbons (Fsp3) is 0.500. The van der Waals surface area contributed by atoms with Crippen molar-refractivity contribution >= 4 is 21.7 Å². The average molecular weight is 475 g/mol. The number of nitrogens with one attached hydrogen (secondary N) is 2. The van der Waals surface area contributed by atoms with E-state index in [0.717, 1.165) is 18.4 Å². The molecular formula is C24H34N4O4S. The van der Waals surface area contributed by atoms with Crippen LogP contribution in [0, 0.1) is 0 Å². The smallest absolute Gasteiger partial charge is 0.254 e. The molecule has 0 spiro atoms. The predicted molar refractivity (Wildman–Crippen MR) is 129 cm³/mol. The highest BCUT2D eigenvalue weighted by atomic mass is 32.2. The van der Waals surface area contributed by atoms with Gasteiger partial charge in [-0.3, -0.25) is 4.79 Å². The molecule has 2 heterocycles. The Bertz CT molecular complexity index is 1010. The van der Waals surface area contributed by atoms with E-state index in [1.807, 2.05) is 56.9 Å². The Labute approximate surface area is 196 Å². The van der Waals surface area contributed by atoms with Crippen molar-refractivity contribution in [1.29, 1.82) is 0 Å². The van der Waals surface area contributed by atoms with Crippen LogP contribution in [0.5, 0.6) is 0 Å². The molecule has 33 heavy (non-hydrogen) atoms. The van der Waals surface area contributed by atoms with Gasteiger partial charge in [0.25, 0.3) is 5.91 Å². The third-order valence-electron chi connectivity index (χ3n) is 5.74. The Balaban J connectivity index is 1.56. The van der Waals surface area contributed by atoms with Crippen molar-refractivity contribution in [3.8, 4) is 0 Å². The molecule has 3 rings (SSSR count). The summed E-state index contributed by atoms with van der Waals surface area (Å²) in [5, 5.41) is 3.19. The lowest BCUT2D eigenvalue weighted by Crippen LogP contribution is -2.48. The highest BCUT2D eigenvalue weighted by molar-refractivity contribution is 7.89. The molecule has 0 radical (unpaired) electrons. The van der Waals surface area contributed by atoms with Gasteiger partial charge in [0.1, 0.15) is 10.7 Å². The summed E-state index contributed by atoms with van der Waals surface area (Å²) < 4.78 is 33.4. The summed E-state index contributed by atoms with van der Waals surface area (Å²) in [6.07, 6.45) is 2.89. The molecule has 180 valence electrons. The molecule has 2 atom stereocenters. The largest absolute Gasteiger partial charge is 0.372 e. The Morgan fingerprint density at radius 1 is 1.09 bits per heavy atom. The van der Waals surface area contributed by atoms with Crippen LogP contribution in [-0.4, -0.2) is 55.5 Å². The maximum absolute atomic E-state index is 12.8. The molecule has 9 heteroatoms. The van der Waals surface area contributed by atoms with Crippen LogP contribution in [0.4, 0.5) is 5.82 Å². The lowest BCUT2D eigenvalue weighted by Gasteiger charge is -2.35. The quantitative estimate of drug-likeness (QED) is 0.578. The number of aromatic nitrogens is 1.